The van der Waals surface area contributed by atoms with Crippen LogP contribution < -0.4 is 14.3 Å². The van der Waals surface area contributed by atoms with Crippen LogP contribution in [0.4, 0.5) is 0 Å². The average molecular weight is 814 g/mol. The van der Waals surface area contributed by atoms with E-state index in [1.807, 2.05) is 0 Å². The Hall–Kier alpha value is -6.04. The summed E-state index contributed by atoms with van der Waals surface area (Å²) in [5, 5.41) is 3.82. The standard InChI is InChI=1S/C56H55N3OSi/c1-34(2)30-39-32-49-44-31-38(37-18-11-10-12-19-37)26-28-45(44)56(57(49)33-51(39)61(7,8)9)46-29-27-43-42-20-13-16-25-50(42)60-54(43)52(46)55-58(47-23-14-15-24-48(47)59(55)56)53-40(35(3)4)21-17-22-41(53)36(5)6/h10-29,31-36H,30H2,1-9H3/q+2. The number of fused-ring (bicyclic) bond motifs is 16. The van der Waals surface area contributed by atoms with Gasteiger partial charge in [0.1, 0.15) is 16.8 Å². The highest BCUT2D eigenvalue weighted by Gasteiger charge is 2.67. The predicted molar refractivity (Wildman–Crippen MR) is 255 cm³/mol. The van der Waals surface area contributed by atoms with Crippen molar-refractivity contribution >= 4 is 46.2 Å². The first-order valence-electron chi connectivity index (χ1n) is 22.3. The third-order valence-electron chi connectivity index (χ3n) is 13.6. The maximum absolute atomic E-state index is 7.16. The molecule has 1 unspecified atom stereocenters. The van der Waals surface area contributed by atoms with Crippen molar-refractivity contribution in [3.8, 4) is 39.5 Å². The molecule has 0 saturated carbocycles. The number of pyridine rings is 1. The number of benzene rings is 6. The second-order valence-electron chi connectivity index (χ2n) is 19.7. The van der Waals surface area contributed by atoms with Crippen molar-refractivity contribution in [1.29, 1.82) is 0 Å². The second kappa shape index (κ2) is 13.5. The topological polar surface area (TPSA) is 25.8 Å². The first-order chi connectivity index (χ1) is 29.4. The summed E-state index contributed by atoms with van der Waals surface area (Å²) in [4.78, 5) is 0. The molecule has 11 rings (SSSR count). The highest BCUT2D eigenvalue weighted by molar-refractivity contribution is 6.89. The largest absolute Gasteiger partial charge is 0.455 e. The van der Waals surface area contributed by atoms with E-state index in [0.29, 0.717) is 17.8 Å². The lowest BCUT2D eigenvalue weighted by Gasteiger charge is -2.24. The number of rotatable bonds is 7. The third kappa shape index (κ3) is 5.29. The van der Waals surface area contributed by atoms with Crippen LogP contribution in [0.5, 0.6) is 0 Å². The Balaban J connectivity index is 1.39. The van der Waals surface area contributed by atoms with Crippen LogP contribution in [0.2, 0.25) is 19.6 Å². The number of hydrogen-bond donors (Lipinski definition) is 0. The van der Waals surface area contributed by atoms with E-state index in [1.54, 1.807) is 0 Å². The van der Waals surface area contributed by atoms with E-state index in [1.165, 1.54) is 72.1 Å². The molecule has 0 fully saturated rings. The highest BCUT2D eigenvalue weighted by atomic mass is 28.3. The first-order valence-corrected chi connectivity index (χ1v) is 25.8. The molecule has 1 atom stereocenters. The monoisotopic (exact) mass is 813 g/mol. The predicted octanol–water partition coefficient (Wildman–Crippen LogP) is 13.0. The molecule has 4 nitrogen and oxygen atoms in total. The van der Waals surface area contributed by atoms with Crippen molar-refractivity contribution in [3.63, 3.8) is 0 Å². The van der Waals surface area contributed by atoms with Crippen molar-refractivity contribution in [1.82, 2.24) is 4.57 Å². The molecular weight excluding hydrogens is 759 g/mol. The molecule has 61 heavy (non-hydrogen) atoms. The highest BCUT2D eigenvalue weighted by Crippen LogP contribution is 2.53. The number of para-hydroxylation sites is 4. The van der Waals surface area contributed by atoms with Gasteiger partial charge in [0.15, 0.2) is 22.8 Å². The van der Waals surface area contributed by atoms with Gasteiger partial charge in [-0.2, -0.15) is 4.57 Å². The third-order valence-corrected chi connectivity index (χ3v) is 15.6. The van der Waals surface area contributed by atoms with Crippen molar-refractivity contribution in [3.05, 3.63) is 167 Å². The molecule has 302 valence electrons. The minimum Gasteiger partial charge on any atom is -0.455 e. The van der Waals surface area contributed by atoms with Gasteiger partial charge in [-0.15, -0.1) is 9.13 Å². The van der Waals surface area contributed by atoms with E-state index in [4.69, 9.17) is 4.42 Å². The van der Waals surface area contributed by atoms with Crippen LogP contribution in [0.15, 0.2) is 144 Å². The summed E-state index contributed by atoms with van der Waals surface area (Å²) in [6.45, 7) is 21.6. The molecule has 3 aromatic heterocycles. The van der Waals surface area contributed by atoms with Gasteiger partial charge in [0.25, 0.3) is 0 Å². The van der Waals surface area contributed by atoms with E-state index in [9.17, 15) is 0 Å². The summed E-state index contributed by atoms with van der Waals surface area (Å²) in [6.07, 6.45) is 3.65. The molecule has 5 heteroatoms. The molecule has 0 amide bonds. The van der Waals surface area contributed by atoms with Gasteiger partial charge >= 0.3 is 11.5 Å². The van der Waals surface area contributed by atoms with E-state index < -0.39 is 13.7 Å². The number of imidazole rings is 1. The summed E-state index contributed by atoms with van der Waals surface area (Å²) in [5.74, 6) is 2.32. The Morgan fingerprint density at radius 2 is 1.34 bits per heavy atom. The Bertz CT molecular complexity index is 3220. The molecule has 0 aliphatic carbocycles. The zero-order valence-corrected chi connectivity index (χ0v) is 38.0. The van der Waals surface area contributed by atoms with Crippen LogP contribution >= 0.6 is 0 Å². The molecule has 6 aromatic carbocycles. The van der Waals surface area contributed by atoms with Gasteiger partial charge in [-0.3, -0.25) is 0 Å². The van der Waals surface area contributed by atoms with Crippen molar-refractivity contribution in [2.75, 3.05) is 0 Å². The SMILES string of the molecule is CC(C)Cc1cc2[n+](cc1[Si](C)(C)C)C1(c3ccc(-c4ccccc4)cc3-2)c2ccc3c(oc4ccccc43)c2-c2n(-c3c(C(C)C)cccc3C(C)C)c3ccccc3[n+]21. The molecule has 0 saturated heterocycles. The quantitative estimate of drug-likeness (QED) is 0.116. The van der Waals surface area contributed by atoms with E-state index in [0.717, 1.165) is 39.7 Å². The van der Waals surface area contributed by atoms with E-state index >= 15 is 0 Å². The molecule has 2 aliphatic heterocycles. The van der Waals surface area contributed by atoms with Gasteiger partial charge in [0.2, 0.25) is 5.69 Å². The normalized spacial score (nSPS) is 15.5. The maximum atomic E-state index is 7.16. The van der Waals surface area contributed by atoms with Crippen molar-refractivity contribution in [2.24, 2.45) is 5.92 Å². The fraction of sp³-hybridized carbons (Fsp3) is 0.250. The number of furan rings is 1. The maximum Gasteiger partial charge on any atom is 0.364 e. The summed E-state index contributed by atoms with van der Waals surface area (Å²) >= 11 is 0. The second-order valence-corrected chi connectivity index (χ2v) is 24.7. The minimum atomic E-state index is -1.87. The zero-order valence-electron chi connectivity index (χ0n) is 37.0. The molecule has 1 spiro atoms. The number of nitrogens with zero attached hydrogens (tertiary/aromatic N) is 3. The van der Waals surface area contributed by atoms with Crippen LogP contribution in [0.1, 0.15) is 81.2 Å². The van der Waals surface area contributed by atoms with Crippen LogP contribution in [0.3, 0.4) is 0 Å². The van der Waals surface area contributed by atoms with E-state index in [2.05, 4.69) is 215 Å². The van der Waals surface area contributed by atoms with Gasteiger partial charge in [0.05, 0.1) is 24.8 Å². The van der Waals surface area contributed by atoms with Crippen LogP contribution in [0, 0.1) is 5.92 Å². The average Bonchev–Trinajstić information content (AvgIpc) is 3.96. The smallest absolute Gasteiger partial charge is 0.364 e. The molecule has 0 N–H and O–H groups in total. The number of hydrogen-bond acceptors (Lipinski definition) is 1. The molecule has 2 aliphatic rings. The Morgan fingerprint density at radius 1 is 0.656 bits per heavy atom. The van der Waals surface area contributed by atoms with E-state index in [-0.39, 0.29) is 0 Å². The molecular formula is C56H55N3OSi+2. The van der Waals surface area contributed by atoms with Crippen LogP contribution in [-0.2, 0) is 12.1 Å². The lowest BCUT2D eigenvalue weighted by atomic mass is 9.87. The van der Waals surface area contributed by atoms with Crippen molar-refractivity contribution < 1.29 is 13.6 Å². The van der Waals surface area contributed by atoms with Crippen LogP contribution in [0.25, 0.3) is 72.4 Å². The Kier molecular flexibility index (Phi) is 8.38. The molecule has 0 bridgehead atoms. The zero-order chi connectivity index (χ0) is 42.1. The molecule has 0 radical (unpaired) electrons. The number of aromatic nitrogens is 3. The fourth-order valence-electron chi connectivity index (χ4n) is 11.0. The summed E-state index contributed by atoms with van der Waals surface area (Å²) in [7, 11) is -1.87. The lowest BCUT2D eigenvalue weighted by Crippen LogP contribution is -2.72. The summed E-state index contributed by atoms with van der Waals surface area (Å²) in [6, 6.07) is 50.2. The van der Waals surface area contributed by atoms with Gasteiger partial charge in [0, 0.05) is 33.2 Å². The van der Waals surface area contributed by atoms with Gasteiger partial charge in [-0.1, -0.05) is 146 Å². The molecule has 5 heterocycles. The fourth-order valence-corrected chi connectivity index (χ4v) is 12.7. The Morgan fingerprint density at radius 3 is 2.07 bits per heavy atom. The minimum absolute atomic E-state index is 0.310. The first kappa shape index (κ1) is 37.9. The Labute approximate surface area is 360 Å². The van der Waals surface area contributed by atoms with Gasteiger partial charge < -0.3 is 4.42 Å². The molecule has 9 aromatic rings. The van der Waals surface area contributed by atoms with Gasteiger partial charge in [-0.25, -0.2) is 0 Å². The summed E-state index contributed by atoms with van der Waals surface area (Å²) in [5.41, 5.74) is 17.7. The van der Waals surface area contributed by atoms with Crippen LogP contribution in [-0.4, -0.2) is 12.6 Å². The van der Waals surface area contributed by atoms with Gasteiger partial charge in [-0.05, 0) is 83.3 Å². The summed E-state index contributed by atoms with van der Waals surface area (Å²) < 4.78 is 15.2. The lowest BCUT2D eigenvalue weighted by molar-refractivity contribution is -0.944. The van der Waals surface area contributed by atoms with Crippen molar-refractivity contribution in [2.45, 2.75) is 85.1 Å².